The Balaban J connectivity index is 1.99. The minimum Gasteiger partial charge on any atom is -0.381 e. The van der Waals surface area contributed by atoms with Crippen molar-refractivity contribution in [2.75, 3.05) is 39.9 Å². The number of nitrogens with one attached hydrogen (secondary N) is 1. The van der Waals surface area contributed by atoms with Gasteiger partial charge in [-0.3, -0.25) is 9.88 Å². The van der Waals surface area contributed by atoms with E-state index in [4.69, 9.17) is 4.74 Å². The summed E-state index contributed by atoms with van der Waals surface area (Å²) in [6.45, 7) is 8.06. The molecule has 0 aliphatic carbocycles. The highest BCUT2D eigenvalue weighted by molar-refractivity contribution is 5.03. The minimum atomic E-state index is 0.248. The molecule has 2 heterocycles. The summed E-state index contributed by atoms with van der Waals surface area (Å²) in [7, 11) is 2.03. The molecule has 1 aromatic rings. The van der Waals surface area contributed by atoms with Gasteiger partial charge in [0.1, 0.15) is 0 Å². The molecule has 4 nitrogen and oxygen atoms in total. The summed E-state index contributed by atoms with van der Waals surface area (Å²) >= 11 is 0. The van der Waals surface area contributed by atoms with E-state index >= 15 is 0 Å². The van der Waals surface area contributed by atoms with Crippen LogP contribution in [0.4, 0.5) is 0 Å². The second-order valence-corrected chi connectivity index (χ2v) is 5.81. The molecule has 1 fully saturated rings. The Bertz CT molecular complexity index is 371. The Morgan fingerprint density at radius 1 is 1.45 bits per heavy atom. The maximum absolute atomic E-state index is 5.75. The zero-order valence-corrected chi connectivity index (χ0v) is 12.8. The molecule has 0 amide bonds. The van der Waals surface area contributed by atoms with E-state index in [1.807, 2.05) is 19.3 Å². The first-order valence-corrected chi connectivity index (χ1v) is 7.62. The van der Waals surface area contributed by atoms with Crippen molar-refractivity contribution in [3.63, 3.8) is 0 Å². The van der Waals surface area contributed by atoms with Crippen LogP contribution in [-0.2, 0) is 11.3 Å². The Hall–Kier alpha value is -0.970. The second-order valence-electron chi connectivity index (χ2n) is 5.81. The average molecular weight is 277 g/mol. The Kier molecular flexibility index (Phi) is 5.95. The summed E-state index contributed by atoms with van der Waals surface area (Å²) < 4.78 is 5.75. The van der Waals surface area contributed by atoms with Gasteiger partial charge in [0, 0.05) is 37.9 Å². The van der Waals surface area contributed by atoms with Crippen molar-refractivity contribution in [1.82, 2.24) is 15.2 Å². The summed E-state index contributed by atoms with van der Waals surface area (Å²) in [5.74, 6) is 0. The molecule has 0 radical (unpaired) electrons. The maximum Gasteiger partial charge on any atom is 0.0546 e. The summed E-state index contributed by atoms with van der Waals surface area (Å²) in [6, 6.07) is 6.13. The van der Waals surface area contributed by atoms with Gasteiger partial charge in [0.25, 0.3) is 0 Å². The smallest absolute Gasteiger partial charge is 0.0546 e. The van der Waals surface area contributed by atoms with E-state index in [1.165, 1.54) is 12.8 Å². The molecule has 2 rings (SSSR count). The molecule has 1 aliphatic rings. The lowest BCUT2D eigenvalue weighted by molar-refractivity contribution is -0.0260. The molecule has 4 heteroatoms. The van der Waals surface area contributed by atoms with Crippen LogP contribution in [0.3, 0.4) is 0 Å². The molecule has 0 saturated carbocycles. The number of hydrogen-bond donors (Lipinski definition) is 1. The molecular formula is C16H27N3O. The van der Waals surface area contributed by atoms with E-state index in [9.17, 15) is 0 Å². The Labute approximate surface area is 122 Å². The van der Waals surface area contributed by atoms with Crippen molar-refractivity contribution in [2.24, 2.45) is 5.41 Å². The lowest BCUT2D eigenvalue weighted by Gasteiger charge is -2.40. The molecule has 112 valence electrons. The van der Waals surface area contributed by atoms with Crippen LogP contribution in [0.25, 0.3) is 0 Å². The Morgan fingerprint density at radius 3 is 2.95 bits per heavy atom. The molecule has 0 aromatic carbocycles. The topological polar surface area (TPSA) is 37.4 Å². The maximum atomic E-state index is 5.75. The van der Waals surface area contributed by atoms with Gasteiger partial charge in [0.15, 0.2) is 0 Å². The molecule has 1 saturated heterocycles. The first-order chi connectivity index (χ1) is 9.78. The van der Waals surface area contributed by atoms with Gasteiger partial charge in [-0.1, -0.05) is 13.0 Å². The highest BCUT2D eigenvalue weighted by Gasteiger charge is 2.34. The monoisotopic (exact) mass is 277 g/mol. The Morgan fingerprint density at radius 2 is 2.35 bits per heavy atom. The predicted molar refractivity (Wildman–Crippen MR) is 81.6 cm³/mol. The predicted octanol–water partition coefficient (Wildman–Crippen LogP) is 1.92. The van der Waals surface area contributed by atoms with Crippen molar-refractivity contribution in [3.8, 4) is 0 Å². The van der Waals surface area contributed by atoms with Gasteiger partial charge < -0.3 is 10.1 Å². The van der Waals surface area contributed by atoms with E-state index in [0.29, 0.717) is 0 Å². The summed E-state index contributed by atoms with van der Waals surface area (Å²) in [6.07, 6.45) is 4.28. The van der Waals surface area contributed by atoms with Gasteiger partial charge in [0.2, 0.25) is 0 Å². The number of pyridine rings is 1. The summed E-state index contributed by atoms with van der Waals surface area (Å²) in [5, 5.41) is 3.35. The van der Waals surface area contributed by atoms with Crippen LogP contribution in [0.1, 0.15) is 25.5 Å². The molecule has 20 heavy (non-hydrogen) atoms. The fourth-order valence-electron chi connectivity index (χ4n) is 3.08. The second kappa shape index (κ2) is 7.72. The van der Waals surface area contributed by atoms with Crippen molar-refractivity contribution < 1.29 is 4.74 Å². The van der Waals surface area contributed by atoms with Gasteiger partial charge in [0.05, 0.1) is 12.3 Å². The van der Waals surface area contributed by atoms with Gasteiger partial charge in [-0.05, 0) is 38.6 Å². The van der Waals surface area contributed by atoms with E-state index < -0.39 is 0 Å². The lowest BCUT2D eigenvalue weighted by Crippen LogP contribution is -2.48. The van der Waals surface area contributed by atoms with Crippen LogP contribution in [0.2, 0.25) is 0 Å². The van der Waals surface area contributed by atoms with Crippen LogP contribution in [0.5, 0.6) is 0 Å². The van der Waals surface area contributed by atoms with Crippen LogP contribution in [-0.4, -0.2) is 49.8 Å². The zero-order valence-electron chi connectivity index (χ0n) is 12.8. The van der Waals surface area contributed by atoms with E-state index in [-0.39, 0.29) is 5.41 Å². The largest absolute Gasteiger partial charge is 0.381 e. The zero-order chi connectivity index (χ0) is 14.3. The molecule has 1 atom stereocenters. The van der Waals surface area contributed by atoms with Crippen molar-refractivity contribution in [2.45, 2.75) is 26.3 Å². The van der Waals surface area contributed by atoms with Crippen molar-refractivity contribution in [3.05, 3.63) is 30.1 Å². The molecular weight excluding hydrogens is 250 g/mol. The number of nitrogens with zero attached hydrogens (tertiary/aromatic N) is 2. The standard InChI is InChI=1S/C16H27N3O/c1-3-19(11-15-7-4-5-9-18-15)13-16(12-17-2)8-6-10-20-14-16/h4-5,7,9,17H,3,6,8,10-14H2,1-2H3. The number of ether oxygens (including phenoxy) is 1. The molecule has 0 bridgehead atoms. The van der Waals surface area contributed by atoms with E-state index in [1.54, 1.807) is 0 Å². The van der Waals surface area contributed by atoms with Gasteiger partial charge in [-0.2, -0.15) is 0 Å². The first kappa shape index (κ1) is 15.4. The minimum absolute atomic E-state index is 0.248. The highest BCUT2D eigenvalue weighted by atomic mass is 16.5. The van der Waals surface area contributed by atoms with E-state index in [2.05, 4.69) is 34.3 Å². The van der Waals surface area contributed by atoms with Crippen LogP contribution in [0.15, 0.2) is 24.4 Å². The third-order valence-electron chi connectivity index (χ3n) is 4.07. The third-order valence-corrected chi connectivity index (χ3v) is 4.07. The number of aromatic nitrogens is 1. The molecule has 1 aliphatic heterocycles. The summed E-state index contributed by atoms with van der Waals surface area (Å²) in [5.41, 5.74) is 1.39. The van der Waals surface area contributed by atoms with Crippen molar-refractivity contribution in [1.29, 1.82) is 0 Å². The lowest BCUT2D eigenvalue weighted by atomic mass is 9.81. The van der Waals surface area contributed by atoms with Crippen LogP contribution >= 0.6 is 0 Å². The van der Waals surface area contributed by atoms with Gasteiger partial charge in [-0.25, -0.2) is 0 Å². The fourth-order valence-corrected chi connectivity index (χ4v) is 3.08. The number of rotatable bonds is 7. The molecule has 1 aromatic heterocycles. The fraction of sp³-hybridized carbons (Fsp3) is 0.688. The quantitative estimate of drug-likeness (QED) is 0.826. The average Bonchev–Trinajstić information content (AvgIpc) is 2.49. The number of hydrogen-bond acceptors (Lipinski definition) is 4. The van der Waals surface area contributed by atoms with Crippen molar-refractivity contribution >= 4 is 0 Å². The van der Waals surface area contributed by atoms with Crippen LogP contribution in [0, 0.1) is 5.41 Å². The molecule has 0 spiro atoms. The van der Waals surface area contributed by atoms with E-state index in [0.717, 1.165) is 45.1 Å². The summed E-state index contributed by atoms with van der Waals surface area (Å²) in [4.78, 5) is 6.92. The normalized spacial score (nSPS) is 23.1. The van der Waals surface area contributed by atoms with Gasteiger partial charge >= 0.3 is 0 Å². The van der Waals surface area contributed by atoms with Crippen LogP contribution < -0.4 is 5.32 Å². The van der Waals surface area contributed by atoms with Gasteiger partial charge in [-0.15, -0.1) is 0 Å². The highest BCUT2D eigenvalue weighted by Crippen LogP contribution is 2.29. The molecule has 1 unspecified atom stereocenters. The molecule has 1 N–H and O–H groups in total. The SMILES string of the molecule is CCN(Cc1ccccn1)CC1(CNC)CCCOC1. The third kappa shape index (κ3) is 4.27. The first-order valence-electron chi connectivity index (χ1n) is 7.62.